The van der Waals surface area contributed by atoms with Crippen LogP contribution in [0.2, 0.25) is 0 Å². The van der Waals surface area contributed by atoms with Crippen molar-refractivity contribution in [2.45, 2.75) is 0 Å². The first-order chi connectivity index (χ1) is 16.0. The number of phenols is 1. The number of morpholine rings is 1. The first kappa shape index (κ1) is 20.9. The van der Waals surface area contributed by atoms with Crippen LogP contribution in [0.3, 0.4) is 0 Å². The Kier molecular flexibility index (Phi) is 5.19. The zero-order valence-corrected chi connectivity index (χ0v) is 17.7. The van der Waals surface area contributed by atoms with Crippen molar-refractivity contribution in [1.29, 1.82) is 0 Å². The lowest BCUT2D eigenvalue weighted by Crippen LogP contribution is -2.37. The van der Waals surface area contributed by atoms with Crippen molar-refractivity contribution in [3.63, 3.8) is 0 Å². The molecule has 0 spiro atoms. The molecule has 0 amide bonds. The molecule has 1 N–H and O–H groups in total. The molecule has 3 aromatic carbocycles. The van der Waals surface area contributed by atoms with Crippen LogP contribution in [0.25, 0.3) is 32.8 Å². The Morgan fingerprint density at radius 1 is 1.09 bits per heavy atom. The van der Waals surface area contributed by atoms with E-state index in [4.69, 9.17) is 15.9 Å². The van der Waals surface area contributed by atoms with Crippen LogP contribution < -0.4 is 9.64 Å². The third kappa shape index (κ3) is 3.47. The summed E-state index contributed by atoms with van der Waals surface area (Å²) in [5, 5.41) is 11.6. The van der Waals surface area contributed by atoms with Gasteiger partial charge in [-0.1, -0.05) is 18.1 Å². The van der Waals surface area contributed by atoms with Gasteiger partial charge in [0.25, 0.3) is 0 Å². The summed E-state index contributed by atoms with van der Waals surface area (Å²) in [6.45, 7) is 2.26. The fraction of sp³-hybridized carbons (Fsp3) is 0.200. The summed E-state index contributed by atoms with van der Waals surface area (Å²) in [4.78, 5) is 10.7. The van der Waals surface area contributed by atoms with Crippen molar-refractivity contribution >= 4 is 27.5 Å². The van der Waals surface area contributed by atoms with Gasteiger partial charge in [-0.2, -0.15) is 9.97 Å². The summed E-state index contributed by atoms with van der Waals surface area (Å²) in [5.41, 5.74) is 0.439. The van der Waals surface area contributed by atoms with Gasteiger partial charge >= 0.3 is 6.01 Å². The summed E-state index contributed by atoms with van der Waals surface area (Å²) in [5.74, 6) is 1.55. The van der Waals surface area contributed by atoms with E-state index in [-0.39, 0.29) is 34.0 Å². The lowest BCUT2D eigenvalue weighted by atomic mass is 9.93. The Morgan fingerprint density at radius 3 is 2.61 bits per heavy atom. The number of fused-ring (bicyclic) bond motifs is 2. The van der Waals surface area contributed by atoms with E-state index in [2.05, 4.69) is 15.9 Å². The van der Waals surface area contributed by atoms with Crippen molar-refractivity contribution in [3.05, 3.63) is 53.6 Å². The topological polar surface area (TPSA) is 67.7 Å². The number of hydrogen-bond acceptors (Lipinski definition) is 6. The first-order valence-corrected chi connectivity index (χ1v) is 10.3. The molecule has 1 fully saturated rings. The van der Waals surface area contributed by atoms with Crippen LogP contribution in [0.5, 0.6) is 11.8 Å². The Balaban J connectivity index is 1.81. The number of nitrogens with zero attached hydrogens (tertiary/aromatic N) is 3. The van der Waals surface area contributed by atoms with Crippen LogP contribution in [-0.2, 0) is 4.74 Å². The largest absolute Gasteiger partial charge is 0.508 e. The van der Waals surface area contributed by atoms with Gasteiger partial charge in [-0.05, 0) is 35.2 Å². The maximum absolute atomic E-state index is 16.0. The standard InChI is InChI=1S/C25H19F2N3O3/c1-3-16-20(26)7-4-14-12-15(31)13-19(21(14)16)17-5-6-18-23(22(17)27)28-25(32-2)29-24(18)30-8-10-33-11-9-30/h1,4-7,12-13,31H,8-11H2,2H3. The van der Waals surface area contributed by atoms with Gasteiger partial charge in [0.05, 0.1) is 25.9 Å². The van der Waals surface area contributed by atoms with Crippen molar-refractivity contribution in [2.75, 3.05) is 38.3 Å². The van der Waals surface area contributed by atoms with Crippen LogP contribution in [-0.4, -0.2) is 48.5 Å². The van der Waals surface area contributed by atoms with E-state index in [1.54, 1.807) is 12.1 Å². The number of hydrogen-bond donors (Lipinski definition) is 1. The van der Waals surface area contributed by atoms with E-state index in [0.717, 1.165) is 0 Å². The van der Waals surface area contributed by atoms with Crippen LogP contribution in [0, 0.1) is 24.0 Å². The molecular formula is C25H19F2N3O3. The summed E-state index contributed by atoms with van der Waals surface area (Å²) in [6.07, 6.45) is 5.57. The van der Waals surface area contributed by atoms with Crippen molar-refractivity contribution < 1.29 is 23.4 Å². The predicted molar refractivity (Wildman–Crippen MR) is 122 cm³/mol. The van der Waals surface area contributed by atoms with Gasteiger partial charge in [0.2, 0.25) is 0 Å². The highest BCUT2D eigenvalue weighted by Crippen LogP contribution is 2.39. The van der Waals surface area contributed by atoms with E-state index in [1.165, 1.54) is 31.4 Å². The van der Waals surface area contributed by atoms with Gasteiger partial charge in [-0.15, -0.1) is 6.42 Å². The second-order valence-corrected chi connectivity index (χ2v) is 7.61. The molecule has 2 heterocycles. The second-order valence-electron chi connectivity index (χ2n) is 7.61. The smallest absolute Gasteiger partial charge is 0.318 e. The molecule has 0 aliphatic carbocycles. The molecule has 6 nitrogen and oxygen atoms in total. The molecule has 8 heteroatoms. The summed E-state index contributed by atoms with van der Waals surface area (Å²) >= 11 is 0. The molecule has 4 aromatic rings. The van der Waals surface area contributed by atoms with Crippen LogP contribution in [0.4, 0.5) is 14.6 Å². The third-order valence-corrected chi connectivity index (χ3v) is 5.75. The number of aromatic nitrogens is 2. The minimum Gasteiger partial charge on any atom is -0.508 e. The normalized spacial score (nSPS) is 13.9. The zero-order chi connectivity index (χ0) is 23.1. The molecule has 1 aliphatic rings. The molecule has 0 atom stereocenters. The maximum Gasteiger partial charge on any atom is 0.318 e. The quantitative estimate of drug-likeness (QED) is 0.474. The number of anilines is 1. The molecule has 0 saturated carbocycles. The second kappa shape index (κ2) is 8.19. The maximum atomic E-state index is 16.0. The van der Waals surface area contributed by atoms with E-state index < -0.39 is 11.6 Å². The van der Waals surface area contributed by atoms with Gasteiger partial charge in [0.15, 0.2) is 5.82 Å². The van der Waals surface area contributed by atoms with Gasteiger partial charge in [-0.25, -0.2) is 8.78 Å². The Morgan fingerprint density at radius 2 is 1.88 bits per heavy atom. The van der Waals surface area contributed by atoms with E-state index in [1.807, 2.05) is 4.90 Å². The van der Waals surface area contributed by atoms with Gasteiger partial charge in [0.1, 0.15) is 22.9 Å². The van der Waals surface area contributed by atoms with Crippen LogP contribution in [0.1, 0.15) is 5.56 Å². The number of rotatable bonds is 3. The number of ether oxygens (including phenoxy) is 2. The fourth-order valence-corrected chi connectivity index (χ4v) is 4.22. The summed E-state index contributed by atoms with van der Waals surface area (Å²) in [6, 6.07) is 8.85. The molecule has 1 aromatic heterocycles. The number of benzene rings is 3. The Labute approximate surface area is 188 Å². The highest BCUT2D eigenvalue weighted by Gasteiger charge is 2.23. The van der Waals surface area contributed by atoms with Crippen molar-refractivity contribution in [3.8, 4) is 35.2 Å². The average Bonchev–Trinajstić information content (AvgIpc) is 2.84. The van der Waals surface area contributed by atoms with Crippen LogP contribution >= 0.6 is 0 Å². The van der Waals surface area contributed by atoms with E-state index >= 15 is 4.39 Å². The zero-order valence-electron chi connectivity index (χ0n) is 17.7. The van der Waals surface area contributed by atoms with Crippen molar-refractivity contribution in [2.24, 2.45) is 0 Å². The first-order valence-electron chi connectivity index (χ1n) is 10.3. The Hall–Kier alpha value is -3.96. The average molecular weight is 447 g/mol. The van der Waals surface area contributed by atoms with Gasteiger partial charge < -0.3 is 19.5 Å². The third-order valence-electron chi connectivity index (χ3n) is 5.75. The van der Waals surface area contributed by atoms with Crippen LogP contribution in [0.15, 0.2) is 36.4 Å². The lowest BCUT2D eigenvalue weighted by Gasteiger charge is -2.28. The SMILES string of the molecule is C#Cc1c(F)ccc2cc(O)cc(-c3ccc4c(N5CCOCC5)nc(OC)nc4c3F)c12. The molecule has 5 rings (SSSR count). The monoisotopic (exact) mass is 447 g/mol. The summed E-state index contributed by atoms with van der Waals surface area (Å²) in [7, 11) is 1.41. The summed E-state index contributed by atoms with van der Waals surface area (Å²) < 4.78 is 41.1. The molecule has 33 heavy (non-hydrogen) atoms. The van der Waals surface area contributed by atoms with E-state index in [9.17, 15) is 9.50 Å². The number of terminal acetylenes is 1. The lowest BCUT2D eigenvalue weighted by molar-refractivity contribution is 0.122. The number of methoxy groups -OCH3 is 1. The van der Waals surface area contributed by atoms with Gasteiger partial charge in [0, 0.05) is 29.4 Å². The van der Waals surface area contributed by atoms with E-state index in [0.29, 0.717) is 48.3 Å². The molecule has 0 bridgehead atoms. The fourth-order valence-electron chi connectivity index (χ4n) is 4.22. The number of aromatic hydroxyl groups is 1. The Bertz CT molecular complexity index is 1440. The molecule has 1 aliphatic heterocycles. The molecule has 0 unspecified atom stereocenters. The number of halogens is 2. The highest BCUT2D eigenvalue weighted by molar-refractivity contribution is 6.04. The predicted octanol–water partition coefficient (Wildman–Crippen LogP) is 4.26. The van der Waals surface area contributed by atoms with Gasteiger partial charge in [-0.3, -0.25) is 0 Å². The highest BCUT2D eigenvalue weighted by atomic mass is 19.1. The number of phenolic OH excluding ortho intramolecular Hbond substituents is 1. The molecular weight excluding hydrogens is 428 g/mol. The molecule has 1 saturated heterocycles. The molecule has 0 radical (unpaired) electrons. The molecule has 166 valence electrons. The minimum atomic E-state index is -0.651. The minimum absolute atomic E-state index is 0.00345. The van der Waals surface area contributed by atoms with Crippen molar-refractivity contribution in [1.82, 2.24) is 9.97 Å².